The first-order chi connectivity index (χ1) is 10.7. The third-order valence-corrected chi connectivity index (χ3v) is 4.05. The highest BCUT2D eigenvalue weighted by molar-refractivity contribution is 5.87. The molecule has 0 aliphatic carbocycles. The summed E-state index contributed by atoms with van der Waals surface area (Å²) < 4.78 is 0. The van der Waals surface area contributed by atoms with E-state index in [2.05, 4.69) is 10.6 Å². The minimum Gasteiger partial charge on any atom is -0.368 e. The SMILES string of the molecule is CC(CN1CCCC1C(N)=O)NC(=O)CNC(=O)C(N)C(C)C. The first-order valence-corrected chi connectivity index (χ1v) is 8.08. The van der Waals surface area contributed by atoms with Gasteiger partial charge in [0, 0.05) is 12.6 Å². The largest absolute Gasteiger partial charge is 0.368 e. The van der Waals surface area contributed by atoms with E-state index in [-0.39, 0.29) is 42.3 Å². The minimum absolute atomic E-state index is 0.0119. The number of carbonyl (C=O) groups is 3. The van der Waals surface area contributed by atoms with Crippen LogP contribution in [-0.4, -0.2) is 60.4 Å². The van der Waals surface area contributed by atoms with Crippen LogP contribution in [0.1, 0.15) is 33.6 Å². The van der Waals surface area contributed by atoms with Gasteiger partial charge in [-0.2, -0.15) is 0 Å². The molecule has 1 heterocycles. The molecule has 1 saturated heterocycles. The molecule has 1 aliphatic rings. The average Bonchev–Trinajstić information content (AvgIpc) is 2.91. The molecule has 0 radical (unpaired) electrons. The van der Waals surface area contributed by atoms with E-state index >= 15 is 0 Å². The molecular formula is C15H29N5O3. The summed E-state index contributed by atoms with van der Waals surface area (Å²) in [5.74, 6) is -0.929. The fourth-order valence-corrected chi connectivity index (χ4v) is 2.68. The van der Waals surface area contributed by atoms with E-state index in [1.807, 2.05) is 25.7 Å². The Morgan fingerprint density at radius 3 is 2.48 bits per heavy atom. The van der Waals surface area contributed by atoms with E-state index in [0.717, 1.165) is 19.4 Å². The molecule has 0 aromatic rings. The third kappa shape index (κ3) is 6.15. The number of amides is 3. The summed E-state index contributed by atoms with van der Waals surface area (Å²) in [7, 11) is 0. The van der Waals surface area contributed by atoms with Crippen LogP contribution in [-0.2, 0) is 14.4 Å². The molecule has 6 N–H and O–H groups in total. The van der Waals surface area contributed by atoms with Gasteiger partial charge in [0.05, 0.1) is 18.6 Å². The molecule has 8 heteroatoms. The molecule has 23 heavy (non-hydrogen) atoms. The quantitative estimate of drug-likeness (QED) is 0.433. The van der Waals surface area contributed by atoms with Gasteiger partial charge < -0.3 is 22.1 Å². The standard InChI is InChI=1S/C15H29N5O3/c1-9(2)13(16)15(23)18-7-12(21)19-10(3)8-20-6-4-5-11(20)14(17)22/h9-11,13H,4-8,16H2,1-3H3,(H2,17,22)(H,18,23)(H,19,21). The van der Waals surface area contributed by atoms with Gasteiger partial charge in [0.25, 0.3) is 0 Å². The van der Waals surface area contributed by atoms with Crippen molar-refractivity contribution < 1.29 is 14.4 Å². The predicted molar refractivity (Wildman–Crippen MR) is 87.2 cm³/mol. The predicted octanol–water partition coefficient (Wildman–Crippen LogP) is -1.46. The summed E-state index contributed by atoms with van der Waals surface area (Å²) in [6.45, 7) is 6.79. The highest BCUT2D eigenvalue weighted by atomic mass is 16.2. The van der Waals surface area contributed by atoms with Crippen molar-refractivity contribution in [1.29, 1.82) is 0 Å². The highest BCUT2D eigenvalue weighted by Crippen LogP contribution is 2.16. The summed E-state index contributed by atoms with van der Waals surface area (Å²) in [4.78, 5) is 36.9. The van der Waals surface area contributed by atoms with Crippen LogP contribution < -0.4 is 22.1 Å². The van der Waals surface area contributed by atoms with Crippen molar-refractivity contribution in [3.63, 3.8) is 0 Å². The van der Waals surface area contributed by atoms with E-state index in [1.54, 1.807) is 0 Å². The molecule has 0 aromatic heterocycles. The summed E-state index contributed by atoms with van der Waals surface area (Å²) >= 11 is 0. The van der Waals surface area contributed by atoms with Crippen LogP contribution in [0.5, 0.6) is 0 Å². The maximum absolute atomic E-state index is 11.9. The van der Waals surface area contributed by atoms with E-state index in [4.69, 9.17) is 11.5 Å². The van der Waals surface area contributed by atoms with Crippen LogP contribution in [0.15, 0.2) is 0 Å². The smallest absolute Gasteiger partial charge is 0.239 e. The first-order valence-electron chi connectivity index (χ1n) is 8.08. The molecule has 1 rings (SSSR count). The van der Waals surface area contributed by atoms with Gasteiger partial charge in [-0.1, -0.05) is 13.8 Å². The lowest BCUT2D eigenvalue weighted by Gasteiger charge is -2.26. The Bertz CT molecular complexity index is 441. The second-order valence-electron chi connectivity index (χ2n) is 6.51. The zero-order valence-electron chi connectivity index (χ0n) is 14.2. The number of nitrogens with two attached hydrogens (primary N) is 2. The van der Waals surface area contributed by atoms with Crippen molar-refractivity contribution in [1.82, 2.24) is 15.5 Å². The van der Waals surface area contributed by atoms with Crippen molar-refractivity contribution in [2.45, 2.75) is 51.7 Å². The Hall–Kier alpha value is -1.67. The Morgan fingerprint density at radius 2 is 1.91 bits per heavy atom. The lowest BCUT2D eigenvalue weighted by atomic mass is 10.1. The number of hydrogen-bond donors (Lipinski definition) is 4. The second-order valence-corrected chi connectivity index (χ2v) is 6.51. The van der Waals surface area contributed by atoms with Crippen LogP contribution in [0.2, 0.25) is 0 Å². The number of likely N-dealkylation sites (tertiary alicyclic amines) is 1. The van der Waals surface area contributed by atoms with Crippen molar-refractivity contribution in [2.24, 2.45) is 17.4 Å². The van der Waals surface area contributed by atoms with Crippen molar-refractivity contribution >= 4 is 17.7 Å². The van der Waals surface area contributed by atoms with E-state index in [0.29, 0.717) is 6.54 Å². The van der Waals surface area contributed by atoms with Gasteiger partial charge in [-0.05, 0) is 32.2 Å². The normalized spacial score (nSPS) is 21.0. The van der Waals surface area contributed by atoms with Gasteiger partial charge in [-0.3, -0.25) is 19.3 Å². The Morgan fingerprint density at radius 1 is 1.26 bits per heavy atom. The number of primary amides is 1. The summed E-state index contributed by atoms with van der Waals surface area (Å²) in [6.07, 6.45) is 1.69. The molecule has 0 aromatic carbocycles. The van der Waals surface area contributed by atoms with Crippen LogP contribution in [0.3, 0.4) is 0 Å². The molecule has 3 amide bonds. The maximum atomic E-state index is 11.9. The van der Waals surface area contributed by atoms with Gasteiger partial charge in [-0.15, -0.1) is 0 Å². The molecule has 1 aliphatic heterocycles. The summed E-state index contributed by atoms with van der Waals surface area (Å²) in [6, 6.07) is -1.02. The zero-order valence-corrected chi connectivity index (χ0v) is 14.2. The maximum Gasteiger partial charge on any atom is 0.239 e. The summed E-state index contributed by atoms with van der Waals surface area (Å²) in [5.41, 5.74) is 11.1. The number of nitrogens with one attached hydrogen (secondary N) is 2. The highest BCUT2D eigenvalue weighted by Gasteiger charge is 2.30. The fraction of sp³-hybridized carbons (Fsp3) is 0.800. The Kier molecular flexibility index (Phi) is 7.44. The lowest BCUT2D eigenvalue weighted by Crippen LogP contribution is -2.51. The van der Waals surface area contributed by atoms with Crippen LogP contribution in [0, 0.1) is 5.92 Å². The zero-order chi connectivity index (χ0) is 17.6. The summed E-state index contributed by atoms with van der Waals surface area (Å²) in [5, 5.41) is 5.33. The second kappa shape index (κ2) is 8.83. The third-order valence-electron chi connectivity index (χ3n) is 4.05. The van der Waals surface area contributed by atoms with Crippen molar-refractivity contribution in [2.75, 3.05) is 19.6 Å². The van der Waals surface area contributed by atoms with Crippen LogP contribution in [0.25, 0.3) is 0 Å². The van der Waals surface area contributed by atoms with E-state index in [1.165, 1.54) is 0 Å². The van der Waals surface area contributed by atoms with Gasteiger partial charge in [-0.25, -0.2) is 0 Å². The molecular weight excluding hydrogens is 298 g/mol. The molecule has 0 spiro atoms. The molecule has 0 saturated carbocycles. The van der Waals surface area contributed by atoms with Gasteiger partial charge in [0.1, 0.15) is 0 Å². The fourth-order valence-electron chi connectivity index (χ4n) is 2.68. The average molecular weight is 327 g/mol. The molecule has 8 nitrogen and oxygen atoms in total. The van der Waals surface area contributed by atoms with E-state index in [9.17, 15) is 14.4 Å². The topological polar surface area (TPSA) is 131 Å². The van der Waals surface area contributed by atoms with Crippen LogP contribution >= 0.6 is 0 Å². The molecule has 3 unspecified atom stereocenters. The molecule has 132 valence electrons. The van der Waals surface area contributed by atoms with Gasteiger partial charge in [0.2, 0.25) is 17.7 Å². The Labute approximate surface area is 137 Å². The van der Waals surface area contributed by atoms with Gasteiger partial charge >= 0.3 is 0 Å². The van der Waals surface area contributed by atoms with Gasteiger partial charge in [0.15, 0.2) is 0 Å². The van der Waals surface area contributed by atoms with Crippen molar-refractivity contribution in [3.05, 3.63) is 0 Å². The number of rotatable bonds is 8. The van der Waals surface area contributed by atoms with Crippen molar-refractivity contribution in [3.8, 4) is 0 Å². The number of nitrogens with zero attached hydrogens (tertiary/aromatic N) is 1. The molecule has 3 atom stereocenters. The van der Waals surface area contributed by atoms with E-state index < -0.39 is 6.04 Å². The number of hydrogen-bond acceptors (Lipinski definition) is 5. The Balaban J connectivity index is 2.34. The van der Waals surface area contributed by atoms with Crippen LogP contribution in [0.4, 0.5) is 0 Å². The molecule has 1 fully saturated rings. The number of carbonyl (C=O) groups excluding carboxylic acids is 3. The first kappa shape index (κ1) is 19.4. The lowest BCUT2D eigenvalue weighted by molar-refractivity contribution is -0.127. The monoisotopic (exact) mass is 327 g/mol. The molecule has 0 bridgehead atoms. The minimum atomic E-state index is -0.624.